The molecule has 69 heavy (non-hydrogen) atoms. The van der Waals surface area contributed by atoms with E-state index in [0.29, 0.717) is 28.8 Å². The Morgan fingerprint density at radius 1 is 0.594 bits per heavy atom. The maximum atomic E-state index is 14.7. The van der Waals surface area contributed by atoms with Gasteiger partial charge in [-0.15, -0.1) is 0 Å². The number of ether oxygens (including phenoxy) is 8. The van der Waals surface area contributed by atoms with Gasteiger partial charge in [-0.25, -0.2) is 19.0 Å². The molecule has 1 fully saturated rings. The summed E-state index contributed by atoms with van der Waals surface area (Å²) < 4.78 is 53.5. The van der Waals surface area contributed by atoms with Gasteiger partial charge in [-0.1, -0.05) is 140 Å². The van der Waals surface area contributed by atoms with Crippen LogP contribution < -0.4 is 5.32 Å². The Kier molecular flexibility index (Phi) is 17.1. The van der Waals surface area contributed by atoms with Crippen LogP contribution in [0.4, 0.5) is 9.59 Å². The Morgan fingerprint density at radius 3 is 1.57 bits per heavy atom. The van der Waals surface area contributed by atoms with Crippen molar-refractivity contribution < 1.29 is 52.3 Å². The van der Waals surface area contributed by atoms with Gasteiger partial charge in [0.05, 0.1) is 45.7 Å². The molecule has 0 aliphatic carbocycles. The van der Waals surface area contributed by atoms with Gasteiger partial charge in [0.2, 0.25) is 0 Å². The van der Waals surface area contributed by atoms with E-state index in [1.54, 1.807) is 47.6 Å². The van der Waals surface area contributed by atoms with Crippen molar-refractivity contribution >= 4 is 29.1 Å². The van der Waals surface area contributed by atoms with E-state index >= 15 is 0 Å². The predicted octanol–water partition coefficient (Wildman–Crippen LogP) is 10.4. The second-order valence-corrected chi connectivity index (χ2v) is 19.0. The average Bonchev–Trinajstić information content (AvgIpc) is 3.65. The lowest BCUT2D eigenvalue weighted by Crippen LogP contribution is -2.58. The second-order valence-electron chi connectivity index (χ2n) is 19.0. The normalized spacial score (nSPS) is 18.9. The van der Waals surface area contributed by atoms with Gasteiger partial charge in [0.15, 0.2) is 0 Å². The van der Waals surface area contributed by atoms with Crippen LogP contribution in [0.2, 0.25) is 0 Å². The summed E-state index contributed by atoms with van der Waals surface area (Å²) in [5.41, 5.74) is 3.24. The van der Waals surface area contributed by atoms with E-state index in [-0.39, 0.29) is 32.8 Å². The minimum atomic E-state index is -1.33. The summed E-state index contributed by atoms with van der Waals surface area (Å²) in [4.78, 5) is 42.0. The lowest BCUT2D eigenvalue weighted by molar-refractivity contribution is -0.275. The molecule has 6 aromatic rings. The van der Waals surface area contributed by atoms with E-state index < -0.39 is 65.9 Å². The summed E-state index contributed by atoms with van der Waals surface area (Å²) in [5, 5.41) is 3.34. The maximum Gasteiger partial charge on any atom is 0.419 e. The number of fused-ring (bicyclic) bond motifs is 1. The summed E-state index contributed by atoms with van der Waals surface area (Å²) >= 11 is 0. The van der Waals surface area contributed by atoms with Gasteiger partial charge in [-0.2, -0.15) is 0 Å². The van der Waals surface area contributed by atoms with Crippen LogP contribution in [0.15, 0.2) is 146 Å². The molecule has 0 spiro atoms. The first-order valence-electron chi connectivity index (χ1n) is 23.3. The summed E-state index contributed by atoms with van der Waals surface area (Å²) in [7, 11) is 1.23. The number of esters is 1. The topological polar surface area (TPSA) is 142 Å². The molecule has 364 valence electrons. The summed E-state index contributed by atoms with van der Waals surface area (Å²) in [6.45, 7) is 11.5. The molecule has 1 aliphatic rings. The number of methoxy groups -OCH3 is 1. The highest BCUT2D eigenvalue weighted by Gasteiger charge is 2.51. The molecule has 5 aromatic carbocycles. The van der Waals surface area contributed by atoms with Crippen LogP contribution in [0.5, 0.6) is 0 Å². The Bertz CT molecular complexity index is 2570. The van der Waals surface area contributed by atoms with Gasteiger partial charge in [0.1, 0.15) is 47.8 Å². The predicted molar refractivity (Wildman–Crippen MR) is 261 cm³/mol. The van der Waals surface area contributed by atoms with Gasteiger partial charge >= 0.3 is 18.2 Å². The Hall–Kier alpha value is -6.35. The van der Waals surface area contributed by atoms with Gasteiger partial charge in [-0.3, -0.25) is 0 Å². The number of nitrogens with zero attached hydrogens (tertiary/aromatic N) is 1. The van der Waals surface area contributed by atoms with Crippen LogP contribution in [-0.2, 0) is 75.5 Å². The van der Waals surface area contributed by atoms with Crippen LogP contribution in [0.3, 0.4) is 0 Å². The molecule has 1 N–H and O–H groups in total. The van der Waals surface area contributed by atoms with E-state index in [1.165, 1.54) is 11.7 Å². The van der Waals surface area contributed by atoms with Crippen molar-refractivity contribution in [2.75, 3.05) is 13.7 Å². The van der Waals surface area contributed by atoms with Crippen LogP contribution in [0.1, 0.15) is 81.2 Å². The second kappa shape index (κ2) is 23.3. The van der Waals surface area contributed by atoms with Crippen LogP contribution >= 0.6 is 0 Å². The molecule has 1 aromatic heterocycles. The minimum absolute atomic E-state index is 0.0759. The lowest BCUT2D eigenvalue weighted by Gasteiger charge is -2.46. The molecule has 0 saturated carbocycles. The Labute approximate surface area is 404 Å². The molecule has 0 unspecified atom stereocenters. The largest absolute Gasteiger partial charge is 0.467 e. The van der Waals surface area contributed by atoms with E-state index in [1.807, 2.05) is 140 Å². The van der Waals surface area contributed by atoms with Crippen molar-refractivity contribution in [3.8, 4) is 0 Å². The van der Waals surface area contributed by atoms with Crippen LogP contribution in [-0.4, -0.2) is 78.1 Å². The number of carbonyl (C=O) groups excluding carboxylic acids is 3. The molecule has 13 nitrogen and oxygen atoms in total. The number of amides is 1. The lowest BCUT2D eigenvalue weighted by atomic mass is 9.88. The number of hydrogen-bond acceptors (Lipinski definition) is 11. The van der Waals surface area contributed by atoms with Gasteiger partial charge in [-0.05, 0) is 69.9 Å². The molecular weight excluding hydrogens is 877 g/mol. The number of carbonyl (C=O) groups is 3. The first-order chi connectivity index (χ1) is 33.2. The highest BCUT2D eigenvalue weighted by Crippen LogP contribution is 2.44. The third-order valence-corrected chi connectivity index (χ3v) is 11.3. The average molecular weight is 941 g/mol. The van der Waals surface area contributed by atoms with E-state index in [2.05, 4.69) is 5.32 Å². The molecule has 0 bridgehead atoms. The molecule has 13 heteroatoms. The monoisotopic (exact) mass is 940 g/mol. The standard InChI is InChI=1S/C56H64N2O11/c1-55(2,3)68-53(60)57-43(52(59)62-7)32-45-47(42-30-20-21-31-44(42)58(45)54(61)69-56(4,5)6)49-51(66-36-41-28-18-11-19-29-41)50(65-35-40-26-16-10-17-27-40)48(64-34-39-24-14-9-15-25-39)46(67-49)37-63-33-38-22-12-8-13-23-38/h8-31,43,46,48-51H,32-37H2,1-7H3,(H,57,60)/t43-,46+,48+,49+,50-,51-/m0/s1. The zero-order chi connectivity index (χ0) is 49.0. The van der Waals surface area contributed by atoms with Gasteiger partial charge in [0, 0.05) is 23.1 Å². The molecule has 2 heterocycles. The van der Waals surface area contributed by atoms with E-state index in [0.717, 1.165) is 22.3 Å². The molecule has 6 atom stereocenters. The smallest absolute Gasteiger partial charge is 0.419 e. The third kappa shape index (κ3) is 13.9. The fourth-order valence-electron chi connectivity index (χ4n) is 8.35. The zero-order valence-corrected chi connectivity index (χ0v) is 40.5. The quantitative estimate of drug-likeness (QED) is 0.0650. The summed E-state index contributed by atoms with van der Waals surface area (Å²) in [5.74, 6) is -0.764. The number of benzene rings is 5. The van der Waals surface area contributed by atoms with Gasteiger partial charge < -0.3 is 43.2 Å². The summed E-state index contributed by atoms with van der Waals surface area (Å²) in [6.07, 6.45) is -6.11. The number of aromatic nitrogens is 1. The SMILES string of the molecule is COC(=O)[C@H](Cc1c([C@H]2O[C@H](COCc3ccccc3)[C@@H](OCc3ccccc3)[C@H](OCc3ccccc3)[C@H]2OCc2ccccc2)c2ccccc2n1C(=O)OC(C)(C)C)NC(=O)OC(C)(C)C. The highest BCUT2D eigenvalue weighted by atomic mass is 16.6. The first kappa shape index (κ1) is 50.5. The minimum Gasteiger partial charge on any atom is -0.467 e. The van der Waals surface area contributed by atoms with Crippen LogP contribution in [0, 0.1) is 0 Å². The van der Waals surface area contributed by atoms with E-state index in [4.69, 9.17) is 37.9 Å². The number of rotatable bonds is 18. The van der Waals surface area contributed by atoms with E-state index in [9.17, 15) is 14.4 Å². The van der Waals surface area contributed by atoms with Crippen molar-refractivity contribution in [1.29, 1.82) is 0 Å². The highest BCUT2D eigenvalue weighted by molar-refractivity contribution is 5.94. The Balaban J connectivity index is 1.43. The molecule has 7 rings (SSSR count). The van der Waals surface area contributed by atoms with Crippen LogP contribution in [0.25, 0.3) is 10.9 Å². The zero-order valence-electron chi connectivity index (χ0n) is 40.5. The first-order valence-corrected chi connectivity index (χ1v) is 23.3. The van der Waals surface area contributed by atoms with Crippen molar-refractivity contribution in [3.63, 3.8) is 0 Å². The summed E-state index contributed by atoms with van der Waals surface area (Å²) in [6, 6.07) is 45.4. The molecule has 1 saturated heterocycles. The van der Waals surface area contributed by atoms with Crippen molar-refractivity contribution in [3.05, 3.63) is 179 Å². The van der Waals surface area contributed by atoms with Crippen molar-refractivity contribution in [1.82, 2.24) is 9.88 Å². The fourth-order valence-corrected chi connectivity index (χ4v) is 8.35. The fraction of sp³-hybridized carbons (Fsp3) is 0.375. The number of alkyl carbamates (subject to hydrolysis) is 1. The van der Waals surface area contributed by atoms with Gasteiger partial charge in [0.25, 0.3) is 0 Å². The number of hydrogen-bond donors (Lipinski definition) is 1. The molecule has 0 radical (unpaired) electrons. The maximum absolute atomic E-state index is 14.7. The number of para-hydroxylation sites is 1. The van der Waals surface area contributed by atoms with Crippen molar-refractivity contribution in [2.45, 2.75) is 122 Å². The number of nitrogens with one attached hydrogen (secondary N) is 1. The third-order valence-electron chi connectivity index (χ3n) is 11.3. The molecule has 1 amide bonds. The molecule has 1 aliphatic heterocycles. The Morgan fingerprint density at radius 2 is 1.06 bits per heavy atom. The van der Waals surface area contributed by atoms with Crippen molar-refractivity contribution in [2.24, 2.45) is 0 Å². The molecular formula is C56H64N2O11.